The van der Waals surface area contributed by atoms with Crippen LogP contribution in [-0.2, 0) is 11.8 Å². The van der Waals surface area contributed by atoms with Crippen molar-refractivity contribution >= 4 is 5.96 Å². The van der Waals surface area contributed by atoms with Crippen molar-refractivity contribution < 1.29 is 0 Å². The van der Waals surface area contributed by atoms with Crippen LogP contribution >= 0.6 is 0 Å². The highest BCUT2D eigenvalue weighted by Crippen LogP contribution is 2.49. The number of guanidine groups is 1. The van der Waals surface area contributed by atoms with E-state index >= 15 is 0 Å². The normalized spacial score (nSPS) is 15.7. The second kappa shape index (κ2) is 8.15. The molecule has 0 radical (unpaired) electrons. The maximum absolute atomic E-state index is 4.87. The Morgan fingerprint density at radius 2 is 1.92 bits per heavy atom. The third-order valence-electron chi connectivity index (χ3n) is 4.85. The molecule has 0 unspecified atom stereocenters. The van der Waals surface area contributed by atoms with Crippen molar-refractivity contribution in [2.24, 2.45) is 4.99 Å². The minimum atomic E-state index is 0.245. The van der Waals surface area contributed by atoms with Crippen LogP contribution in [0.25, 0.3) is 0 Å². The molecule has 4 heteroatoms. The maximum Gasteiger partial charge on any atom is 0.191 e. The number of benzene rings is 1. The summed E-state index contributed by atoms with van der Waals surface area (Å²) in [6, 6.07) is 14.8. The zero-order chi connectivity index (χ0) is 17.5. The summed E-state index contributed by atoms with van der Waals surface area (Å²) in [7, 11) is 0. The molecule has 0 aliphatic heterocycles. The standard InChI is InChI=1S/C21H28N4/c1-3-22-20(24-15-11-18-9-6-7-14-23-18)25-16-21(12-13-21)19-10-5-4-8-17(19)2/h4-10,14H,3,11-13,15-16H2,1-2H3,(H2,22,24,25). The van der Waals surface area contributed by atoms with Gasteiger partial charge in [0.2, 0.25) is 0 Å². The number of hydrogen-bond acceptors (Lipinski definition) is 2. The van der Waals surface area contributed by atoms with E-state index in [1.165, 1.54) is 24.0 Å². The topological polar surface area (TPSA) is 49.3 Å². The molecule has 1 saturated carbocycles. The number of nitrogens with one attached hydrogen (secondary N) is 2. The molecule has 25 heavy (non-hydrogen) atoms. The van der Waals surface area contributed by atoms with E-state index in [1.54, 1.807) is 0 Å². The second-order valence-electron chi connectivity index (χ2n) is 6.79. The lowest BCUT2D eigenvalue weighted by atomic mass is 9.92. The summed E-state index contributed by atoms with van der Waals surface area (Å²) in [5, 5.41) is 6.79. The van der Waals surface area contributed by atoms with Gasteiger partial charge >= 0.3 is 0 Å². The summed E-state index contributed by atoms with van der Waals surface area (Å²) in [6.07, 6.45) is 5.20. The van der Waals surface area contributed by atoms with Crippen molar-refractivity contribution in [3.63, 3.8) is 0 Å². The molecular formula is C21H28N4. The molecular weight excluding hydrogens is 308 g/mol. The molecule has 1 aliphatic carbocycles. The SMILES string of the molecule is CCNC(=NCC1(c2ccccc2C)CC1)NCCc1ccccn1. The highest BCUT2D eigenvalue weighted by Gasteiger charge is 2.44. The van der Waals surface area contributed by atoms with Gasteiger partial charge in [0, 0.05) is 36.8 Å². The molecule has 0 saturated heterocycles. The van der Waals surface area contributed by atoms with Crippen molar-refractivity contribution in [2.75, 3.05) is 19.6 Å². The highest BCUT2D eigenvalue weighted by molar-refractivity contribution is 5.79. The Morgan fingerprint density at radius 3 is 2.60 bits per heavy atom. The van der Waals surface area contributed by atoms with Gasteiger partial charge in [-0.3, -0.25) is 9.98 Å². The van der Waals surface area contributed by atoms with E-state index in [2.05, 4.69) is 59.8 Å². The van der Waals surface area contributed by atoms with Crippen LogP contribution < -0.4 is 10.6 Å². The van der Waals surface area contributed by atoms with Gasteiger partial charge in [-0.25, -0.2) is 0 Å². The quantitative estimate of drug-likeness (QED) is 0.603. The predicted octanol–water partition coefficient (Wildman–Crippen LogP) is 3.22. The molecule has 0 atom stereocenters. The molecule has 1 aromatic carbocycles. The van der Waals surface area contributed by atoms with Gasteiger partial charge in [-0.2, -0.15) is 0 Å². The van der Waals surface area contributed by atoms with Crippen molar-refractivity contribution in [1.29, 1.82) is 0 Å². The molecule has 2 N–H and O–H groups in total. The summed E-state index contributed by atoms with van der Waals surface area (Å²) in [6.45, 7) is 6.85. The molecule has 3 rings (SSSR count). The first-order chi connectivity index (χ1) is 12.2. The number of nitrogens with zero attached hydrogens (tertiary/aromatic N) is 2. The van der Waals surface area contributed by atoms with E-state index in [0.29, 0.717) is 0 Å². The van der Waals surface area contributed by atoms with Crippen LogP contribution in [0.1, 0.15) is 36.6 Å². The van der Waals surface area contributed by atoms with E-state index in [0.717, 1.165) is 37.7 Å². The van der Waals surface area contributed by atoms with Crippen molar-refractivity contribution in [2.45, 2.75) is 38.5 Å². The van der Waals surface area contributed by atoms with Crippen LogP contribution in [-0.4, -0.2) is 30.6 Å². The Bertz CT molecular complexity index is 705. The monoisotopic (exact) mass is 336 g/mol. The molecule has 2 aromatic rings. The third kappa shape index (κ3) is 4.59. The molecule has 0 spiro atoms. The fourth-order valence-corrected chi connectivity index (χ4v) is 3.26. The van der Waals surface area contributed by atoms with Crippen LogP contribution in [0, 0.1) is 6.92 Å². The van der Waals surface area contributed by atoms with E-state index in [4.69, 9.17) is 4.99 Å². The highest BCUT2D eigenvalue weighted by atomic mass is 15.2. The van der Waals surface area contributed by atoms with E-state index < -0.39 is 0 Å². The molecule has 132 valence electrons. The molecule has 1 aliphatic rings. The number of pyridine rings is 1. The Morgan fingerprint density at radius 1 is 1.12 bits per heavy atom. The van der Waals surface area contributed by atoms with Gasteiger partial charge in [0.25, 0.3) is 0 Å². The van der Waals surface area contributed by atoms with Gasteiger partial charge in [-0.05, 0) is 49.9 Å². The Labute approximate surface area is 150 Å². The maximum atomic E-state index is 4.87. The number of aryl methyl sites for hydroxylation is 1. The number of aromatic nitrogens is 1. The summed E-state index contributed by atoms with van der Waals surface area (Å²) >= 11 is 0. The van der Waals surface area contributed by atoms with Crippen LogP contribution in [0.3, 0.4) is 0 Å². The Kier molecular flexibility index (Phi) is 5.69. The number of hydrogen-bond donors (Lipinski definition) is 2. The minimum Gasteiger partial charge on any atom is -0.357 e. The van der Waals surface area contributed by atoms with Gasteiger partial charge in [0.1, 0.15) is 0 Å². The average Bonchev–Trinajstić information content (AvgIpc) is 3.42. The zero-order valence-electron chi connectivity index (χ0n) is 15.3. The van der Waals surface area contributed by atoms with Crippen molar-refractivity contribution in [3.05, 3.63) is 65.5 Å². The molecule has 1 heterocycles. The van der Waals surface area contributed by atoms with E-state index in [1.807, 2.05) is 18.3 Å². The average molecular weight is 336 g/mol. The molecule has 0 amide bonds. The molecule has 0 bridgehead atoms. The fraction of sp³-hybridized carbons (Fsp3) is 0.429. The molecule has 1 aromatic heterocycles. The zero-order valence-corrected chi connectivity index (χ0v) is 15.3. The first-order valence-electron chi connectivity index (χ1n) is 9.22. The summed E-state index contributed by atoms with van der Waals surface area (Å²) in [5.41, 5.74) is 4.19. The van der Waals surface area contributed by atoms with Crippen molar-refractivity contribution in [1.82, 2.24) is 15.6 Å². The summed E-state index contributed by atoms with van der Waals surface area (Å²) < 4.78 is 0. The molecule has 4 nitrogen and oxygen atoms in total. The summed E-state index contributed by atoms with van der Waals surface area (Å²) in [5.74, 6) is 0.901. The Hall–Kier alpha value is -2.36. The van der Waals surface area contributed by atoms with Crippen LogP contribution in [0.15, 0.2) is 53.7 Å². The van der Waals surface area contributed by atoms with Crippen LogP contribution in [0.4, 0.5) is 0 Å². The van der Waals surface area contributed by atoms with Gasteiger partial charge < -0.3 is 10.6 Å². The lowest BCUT2D eigenvalue weighted by Crippen LogP contribution is -2.39. The van der Waals surface area contributed by atoms with Gasteiger partial charge in [-0.15, -0.1) is 0 Å². The largest absolute Gasteiger partial charge is 0.357 e. The predicted molar refractivity (Wildman–Crippen MR) is 104 cm³/mol. The third-order valence-corrected chi connectivity index (χ3v) is 4.85. The van der Waals surface area contributed by atoms with Crippen LogP contribution in [0.5, 0.6) is 0 Å². The molecule has 1 fully saturated rings. The first kappa shape index (κ1) is 17.5. The number of rotatable bonds is 7. The van der Waals surface area contributed by atoms with Gasteiger partial charge in [0.15, 0.2) is 5.96 Å². The first-order valence-corrected chi connectivity index (χ1v) is 9.22. The minimum absolute atomic E-state index is 0.245. The second-order valence-corrected chi connectivity index (χ2v) is 6.79. The smallest absolute Gasteiger partial charge is 0.191 e. The van der Waals surface area contributed by atoms with E-state index in [9.17, 15) is 0 Å². The Balaban J connectivity index is 1.59. The van der Waals surface area contributed by atoms with Gasteiger partial charge in [0.05, 0.1) is 6.54 Å². The lowest BCUT2D eigenvalue weighted by molar-refractivity contribution is 0.687. The van der Waals surface area contributed by atoms with Crippen LogP contribution in [0.2, 0.25) is 0 Å². The fourth-order valence-electron chi connectivity index (χ4n) is 3.26. The van der Waals surface area contributed by atoms with E-state index in [-0.39, 0.29) is 5.41 Å². The summed E-state index contributed by atoms with van der Waals surface area (Å²) in [4.78, 5) is 9.24. The lowest BCUT2D eigenvalue weighted by Gasteiger charge is -2.17. The van der Waals surface area contributed by atoms with Crippen molar-refractivity contribution in [3.8, 4) is 0 Å². The number of aliphatic imine (C=N–C) groups is 1. The van der Waals surface area contributed by atoms with Gasteiger partial charge in [-0.1, -0.05) is 30.3 Å².